The number of carbonyl (C=O) groups is 3. The number of carbonyl (C=O) groups excluding carboxylic acids is 2. The molecular weight excluding hydrogens is 444 g/mol. The topological polar surface area (TPSA) is 105 Å². The van der Waals surface area contributed by atoms with Crippen LogP contribution in [-0.4, -0.2) is 35.7 Å². The van der Waals surface area contributed by atoms with Crippen molar-refractivity contribution in [3.05, 3.63) is 95.6 Å². The summed E-state index contributed by atoms with van der Waals surface area (Å²) < 4.78 is 5.64. The number of carboxylic acid groups (broad SMARTS) is 1. The van der Waals surface area contributed by atoms with Crippen molar-refractivity contribution < 1.29 is 24.2 Å². The first-order chi connectivity index (χ1) is 16.8. The van der Waals surface area contributed by atoms with Crippen LogP contribution in [0.2, 0.25) is 0 Å². The van der Waals surface area contributed by atoms with E-state index in [0.717, 1.165) is 22.3 Å². The van der Waals surface area contributed by atoms with Gasteiger partial charge in [-0.2, -0.15) is 0 Å². The third-order valence-corrected chi connectivity index (χ3v) is 6.51. The van der Waals surface area contributed by atoms with Crippen LogP contribution in [0.15, 0.2) is 78.9 Å². The molecule has 1 unspecified atom stereocenters. The van der Waals surface area contributed by atoms with Gasteiger partial charge in [-0.15, -0.1) is 0 Å². The van der Waals surface area contributed by atoms with Gasteiger partial charge < -0.3 is 20.5 Å². The Morgan fingerprint density at radius 2 is 1.46 bits per heavy atom. The number of hydrogen-bond donors (Lipinski definition) is 3. The number of aliphatic carboxylic acids is 1. The maximum Gasteiger partial charge on any atom is 0.408 e. The van der Waals surface area contributed by atoms with Gasteiger partial charge in [0, 0.05) is 5.92 Å². The summed E-state index contributed by atoms with van der Waals surface area (Å²) in [6.07, 6.45) is -0.562. The molecule has 0 aromatic heterocycles. The van der Waals surface area contributed by atoms with Crippen LogP contribution in [0, 0.1) is 0 Å². The molecule has 0 fully saturated rings. The molecule has 0 saturated heterocycles. The molecule has 2 atom stereocenters. The summed E-state index contributed by atoms with van der Waals surface area (Å²) >= 11 is 0. The summed E-state index contributed by atoms with van der Waals surface area (Å²) in [6.45, 7) is 3.30. The van der Waals surface area contributed by atoms with Crippen LogP contribution < -0.4 is 10.6 Å². The van der Waals surface area contributed by atoms with Gasteiger partial charge in [0.05, 0.1) is 0 Å². The van der Waals surface area contributed by atoms with Gasteiger partial charge in [-0.25, -0.2) is 9.59 Å². The number of rotatable bonds is 8. The van der Waals surface area contributed by atoms with E-state index in [9.17, 15) is 19.5 Å². The minimum atomic E-state index is -1.54. The van der Waals surface area contributed by atoms with Crippen LogP contribution in [0.3, 0.4) is 0 Å². The van der Waals surface area contributed by atoms with E-state index in [2.05, 4.69) is 22.8 Å². The van der Waals surface area contributed by atoms with Gasteiger partial charge in [0.25, 0.3) is 5.91 Å². The Balaban J connectivity index is 1.53. The average molecular weight is 473 g/mol. The Labute approximate surface area is 204 Å². The van der Waals surface area contributed by atoms with Crippen LogP contribution in [0.25, 0.3) is 11.1 Å². The molecule has 35 heavy (non-hydrogen) atoms. The smallest absolute Gasteiger partial charge is 0.408 e. The van der Waals surface area contributed by atoms with Gasteiger partial charge in [0.2, 0.25) is 0 Å². The van der Waals surface area contributed by atoms with Crippen molar-refractivity contribution in [3.63, 3.8) is 0 Å². The first-order valence-electron chi connectivity index (χ1n) is 11.6. The quantitative estimate of drug-likeness (QED) is 0.450. The van der Waals surface area contributed by atoms with Crippen LogP contribution in [-0.2, 0) is 19.9 Å². The van der Waals surface area contributed by atoms with E-state index in [1.165, 1.54) is 6.92 Å². The van der Waals surface area contributed by atoms with E-state index in [1.807, 2.05) is 36.4 Å². The van der Waals surface area contributed by atoms with Crippen molar-refractivity contribution in [1.82, 2.24) is 10.6 Å². The Morgan fingerprint density at radius 3 is 2.00 bits per heavy atom. The molecule has 3 aromatic rings. The Kier molecular flexibility index (Phi) is 6.87. The lowest BCUT2D eigenvalue weighted by molar-refractivity contribution is -0.143. The van der Waals surface area contributed by atoms with E-state index in [1.54, 1.807) is 37.3 Å². The summed E-state index contributed by atoms with van der Waals surface area (Å²) in [6, 6.07) is 23.7. The molecule has 0 radical (unpaired) electrons. The highest BCUT2D eigenvalue weighted by molar-refractivity contribution is 5.93. The maximum atomic E-state index is 13.2. The zero-order chi connectivity index (χ0) is 25.0. The third-order valence-electron chi connectivity index (χ3n) is 6.51. The molecular formula is C28H28N2O5. The predicted molar refractivity (Wildman–Crippen MR) is 132 cm³/mol. The van der Waals surface area contributed by atoms with Crippen molar-refractivity contribution in [1.29, 1.82) is 0 Å². The summed E-state index contributed by atoms with van der Waals surface area (Å²) in [5.41, 5.74) is 3.36. The van der Waals surface area contributed by atoms with E-state index < -0.39 is 29.6 Å². The molecule has 7 heteroatoms. The summed E-state index contributed by atoms with van der Waals surface area (Å²) in [4.78, 5) is 37.7. The predicted octanol–water partition coefficient (Wildman–Crippen LogP) is 4.42. The highest BCUT2D eigenvalue weighted by Crippen LogP contribution is 2.44. The second-order valence-corrected chi connectivity index (χ2v) is 8.71. The van der Waals surface area contributed by atoms with Crippen LogP contribution in [0.1, 0.15) is 42.9 Å². The summed E-state index contributed by atoms with van der Waals surface area (Å²) in [5, 5.41) is 14.6. The number of benzene rings is 3. The van der Waals surface area contributed by atoms with Gasteiger partial charge in [0.15, 0.2) is 0 Å². The number of ether oxygens (including phenoxy) is 1. The standard InChI is InChI=1S/C28H28N2O5/c1-3-24(25(31)32)29-26(33)28(2,18-11-5-4-6-12-18)30-27(34)35-17-23-21-15-9-7-13-19(21)20-14-8-10-16-22(20)23/h4-16,23-24H,3,17H2,1-2H3,(H,29,33)(H,30,34)(H,31,32)/t24-,28?/m0/s1. The Morgan fingerprint density at radius 1 is 0.914 bits per heavy atom. The van der Waals surface area contributed by atoms with Gasteiger partial charge in [-0.1, -0.05) is 85.8 Å². The first kappa shape index (κ1) is 24.0. The van der Waals surface area contributed by atoms with E-state index in [4.69, 9.17) is 4.74 Å². The van der Waals surface area contributed by atoms with Gasteiger partial charge in [-0.3, -0.25) is 4.79 Å². The van der Waals surface area contributed by atoms with Gasteiger partial charge >= 0.3 is 12.1 Å². The molecule has 0 bridgehead atoms. The molecule has 4 rings (SSSR count). The lowest BCUT2D eigenvalue weighted by atomic mass is 9.90. The molecule has 0 heterocycles. The minimum Gasteiger partial charge on any atom is -0.480 e. The van der Waals surface area contributed by atoms with E-state index in [0.29, 0.717) is 5.56 Å². The van der Waals surface area contributed by atoms with Crippen LogP contribution in [0.4, 0.5) is 4.79 Å². The zero-order valence-electron chi connectivity index (χ0n) is 19.7. The molecule has 0 spiro atoms. The molecule has 1 aliphatic carbocycles. The molecule has 7 nitrogen and oxygen atoms in total. The Hall–Kier alpha value is -4.13. The fraction of sp³-hybridized carbons (Fsp3) is 0.250. The highest BCUT2D eigenvalue weighted by atomic mass is 16.5. The SMILES string of the molecule is CC[C@H](NC(=O)C(C)(NC(=O)OCC1c2ccccc2-c2ccccc21)c1ccccc1)C(=O)O. The van der Waals surface area contributed by atoms with Crippen LogP contribution >= 0.6 is 0 Å². The molecule has 3 N–H and O–H groups in total. The molecule has 0 aliphatic heterocycles. The number of amides is 2. The van der Waals surface area contributed by atoms with Crippen molar-refractivity contribution in [2.75, 3.05) is 6.61 Å². The third kappa shape index (κ3) is 4.75. The lowest BCUT2D eigenvalue weighted by Gasteiger charge is -2.31. The monoisotopic (exact) mass is 472 g/mol. The van der Waals surface area contributed by atoms with E-state index in [-0.39, 0.29) is 18.9 Å². The van der Waals surface area contributed by atoms with Crippen molar-refractivity contribution >= 4 is 18.0 Å². The van der Waals surface area contributed by atoms with Crippen molar-refractivity contribution in [2.24, 2.45) is 0 Å². The first-order valence-corrected chi connectivity index (χ1v) is 11.6. The number of fused-ring (bicyclic) bond motifs is 3. The van der Waals surface area contributed by atoms with Gasteiger partial charge in [0.1, 0.15) is 18.2 Å². The number of alkyl carbamates (subject to hydrolysis) is 1. The number of nitrogens with one attached hydrogen (secondary N) is 2. The second kappa shape index (κ2) is 10.0. The molecule has 3 aromatic carbocycles. The summed E-state index contributed by atoms with van der Waals surface area (Å²) in [5.74, 6) is -1.90. The fourth-order valence-corrected chi connectivity index (χ4v) is 4.51. The van der Waals surface area contributed by atoms with Crippen molar-refractivity contribution in [2.45, 2.75) is 37.8 Å². The average Bonchev–Trinajstić information content (AvgIpc) is 3.19. The van der Waals surface area contributed by atoms with Crippen molar-refractivity contribution in [3.8, 4) is 11.1 Å². The maximum absolute atomic E-state index is 13.2. The Bertz CT molecular complexity index is 1200. The van der Waals surface area contributed by atoms with Gasteiger partial charge in [-0.05, 0) is 41.2 Å². The zero-order valence-corrected chi connectivity index (χ0v) is 19.7. The normalized spacial score (nSPS) is 14.7. The molecule has 180 valence electrons. The van der Waals surface area contributed by atoms with E-state index >= 15 is 0 Å². The summed E-state index contributed by atoms with van der Waals surface area (Å²) in [7, 11) is 0. The lowest BCUT2D eigenvalue weighted by Crippen LogP contribution is -2.57. The second-order valence-electron chi connectivity index (χ2n) is 8.71. The largest absolute Gasteiger partial charge is 0.480 e. The molecule has 2 amide bonds. The highest BCUT2D eigenvalue weighted by Gasteiger charge is 2.39. The molecule has 0 saturated carbocycles. The molecule has 1 aliphatic rings. The number of hydrogen-bond acceptors (Lipinski definition) is 4. The van der Waals surface area contributed by atoms with Crippen LogP contribution in [0.5, 0.6) is 0 Å². The fourth-order valence-electron chi connectivity index (χ4n) is 4.51. The minimum absolute atomic E-state index is 0.0963. The number of carboxylic acids is 1.